The number of rotatable bonds is 4. The first kappa shape index (κ1) is 13.4. The van der Waals surface area contributed by atoms with Gasteiger partial charge in [-0.2, -0.15) is 0 Å². The van der Waals surface area contributed by atoms with Crippen molar-refractivity contribution in [2.24, 2.45) is 5.92 Å². The molecule has 2 unspecified atom stereocenters. The number of hydrogen-bond acceptors (Lipinski definition) is 2. The van der Waals surface area contributed by atoms with Crippen molar-refractivity contribution >= 4 is 0 Å². The average molecular weight is 238 g/mol. The summed E-state index contributed by atoms with van der Waals surface area (Å²) in [5.74, 6) is 0.885. The SMILES string of the molecule is CC1CCCCC1NCCN1CCCC1(C)C. The van der Waals surface area contributed by atoms with Crippen molar-refractivity contribution < 1.29 is 0 Å². The van der Waals surface area contributed by atoms with Gasteiger partial charge in [-0.3, -0.25) is 4.90 Å². The Kier molecular flexibility index (Phi) is 4.48. The van der Waals surface area contributed by atoms with Crippen molar-refractivity contribution in [2.75, 3.05) is 19.6 Å². The van der Waals surface area contributed by atoms with Gasteiger partial charge in [-0.05, 0) is 52.0 Å². The van der Waals surface area contributed by atoms with Crippen LogP contribution in [0.4, 0.5) is 0 Å². The highest BCUT2D eigenvalue weighted by Gasteiger charge is 2.31. The molecule has 2 rings (SSSR count). The summed E-state index contributed by atoms with van der Waals surface area (Å²) in [7, 11) is 0. The molecule has 2 heteroatoms. The second kappa shape index (κ2) is 5.71. The van der Waals surface area contributed by atoms with E-state index in [-0.39, 0.29) is 0 Å². The standard InChI is InChI=1S/C15H30N2/c1-13-7-4-5-8-14(13)16-10-12-17-11-6-9-15(17,2)3/h13-14,16H,4-12H2,1-3H3. The fraction of sp³-hybridized carbons (Fsp3) is 1.00. The third-order valence-electron chi connectivity index (χ3n) is 4.97. The van der Waals surface area contributed by atoms with E-state index in [9.17, 15) is 0 Å². The fourth-order valence-corrected chi connectivity index (χ4v) is 3.58. The second-order valence-electron chi connectivity index (χ2n) is 6.73. The molecule has 1 N–H and O–H groups in total. The highest BCUT2D eigenvalue weighted by molar-refractivity contribution is 4.88. The van der Waals surface area contributed by atoms with Crippen LogP contribution in [0.15, 0.2) is 0 Å². The Morgan fingerprint density at radius 2 is 1.94 bits per heavy atom. The smallest absolute Gasteiger partial charge is 0.0154 e. The molecule has 1 aliphatic carbocycles. The molecule has 17 heavy (non-hydrogen) atoms. The summed E-state index contributed by atoms with van der Waals surface area (Å²) < 4.78 is 0. The Hall–Kier alpha value is -0.0800. The zero-order valence-electron chi connectivity index (χ0n) is 12.0. The Labute approximate surface area is 107 Å². The molecule has 0 aromatic carbocycles. The van der Waals surface area contributed by atoms with Gasteiger partial charge in [0.25, 0.3) is 0 Å². The van der Waals surface area contributed by atoms with Crippen molar-refractivity contribution in [3.05, 3.63) is 0 Å². The van der Waals surface area contributed by atoms with Crippen molar-refractivity contribution in [3.63, 3.8) is 0 Å². The molecule has 0 aromatic heterocycles. The minimum Gasteiger partial charge on any atom is -0.312 e. The second-order valence-corrected chi connectivity index (χ2v) is 6.73. The number of hydrogen-bond donors (Lipinski definition) is 1. The van der Waals surface area contributed by atoms with E-state index in [4.69, 9.17) is 0 Å². The predicted octanol–water partition coefficient (Wildman–Crippen LogP) is 3.03. The summed E-state index contributed by atoms with van der Waals surface area (Å²) >= 11 is 0. The van der Waals surface area contributed by atoms with E-state index in [0.717, 1.165) is 12.0 Å². The molecule has 1 heterocycles. The van der Waals surface area contributed by atoms with E-state index >= 15 is 0 Å². The highest BCUT2D eigenvalue weighted by atomic mass is 15.2. The minimum atomic E-state index is 0.444. The van der Waals surface area contributed by atoms with Crippen LogP contribution in [0.3, 0.4) is 0 Å². The number of nitrogens with one attached hydrogen (secondary N) is 1. The lowest BCUT2D eigenvalue weighted by molar-refractivity contribution is 0.168. The monoisotopic (exact) mass is 238 g/mol. The minimum absolute atomic E-state index is 0.444. The maximum absolute atomic E-state index is 3.79. The van der Waals surface area contributed by atoms with Gasteiger partial charge in [0.15, 0.2) is 0 Å². The number of nitrogens with zero attached hydrogens (tertiary/aromatic N) is 1. The predicted molar refractivity (Wildman–Crippen MR) is 74.3 cm³/mol. The average Bonchev–Trinajstić information content (AvgIpc) is 2.61. The molecular formula is C15H30N2. The largest absolute Gasteiger partial charge is 0.312 e. The van der Waals surface area contributed by atoms with Gasteiger partial charge in [0.2, 0.25) is 0 Å². The van der Waals surface area contributed by atoms with Crippen LogP contribution >= 0.6 is 0 Å². The van der Waals surface area contributed by atoms with Gasteiger partial charge in [0.05, 0.1) is 0 Å². The Morgan fingerprint density at radius 1 is 1.18 bits per heavy atom. The first-order valence-electron chi connectivity index (χ1n) is 7.58. The Balaban J connectivity index is 1.68. The van der Waals surface area contributed by atoms with Gasteiger partial charge in [-0.15, -0.1) is 0 Å². The molecule has 0 amide bonds. The molecule has 2 fully saturated rings. The van der Waals surface area contributed by atoms with Crippen LogP contribution in [-0.4, -0.2) is 36.1 Å². The highest BCUT2D eigenvalue weighted by Crippen LogP contribution is 2.27. The molecule has 0 bridgehead atoms. The van der Waals surface area contributed by atoms with Crippen LogP contribution in [0, 0.1) is 5.92 Å². The van der Waals surface area contributed by atoms with Gasteiger partial charge < -0.3 is 5.32 Å². The van der Waals surface area contributed by atoms with Crippen LogP contribution in [0.2, 0.25) is 0 Å². The van der Waals surface area contributed by atoms with E-state index < -0.39 is 0 Å². The lowest BCUT2D eigenvalue weighted by Gasteiger charge is -2.34. The molecular weight excluding hydrogens is 208 g/mol. The molecule has 0 radical (unpaired) electrons. The summed E-state index contributed by atoms with van der Waals surface area (Å²) in [6.45, 7) is 10.9. The Morgan fingerprint density at radius 3 is 2.59 bits per heavy atom. The summed E-state index contributed by atoms with van der Waals surface area (Å²) in [4.78, 5) is 2.66. The van der Waals surface area contributed by atoms with Gasteiger partial charge in [0, 0.05) is 24.7 Å². The van der Waals surface area contributed by atoms with Crippen LogP contribution in [0.5, 0.6) is 0 Å². The molecule has 1 saturated heterocycles. The van der Waals surface area contributed by atoms with E-state index in [1.807, 2.05) is 0 Å². The maximum atomic E-state index is 3.79. The van der Waals surface area contributed by atoms with Crippen LogP contribution in [0.25, 0.3) is 0 Å². The van der Waals surface area contributed by atoms with Crippen molar-refractivity contribution in [1.82, 2.24) is 10.2 Å². The van der Waals surface area contributed by atoms with Gasteiger partial charge in [-0.1, -0.05) is 19.8 Å². The van der Waals surface area contributed by atoms with Gasteiger partial charge in [-0.25, -0.2) is 0 Å². The molecule has 2 atom stereocenters. The maximum Gasteiger partial charge on any atom is 0.0154 e. The molecule has 2 aliphatic rings. The van der Waals surface area contributed by atoms with Gasteiger partial charge in [0.1, 0.15) is 0 Å². The van der Waals surface area contributed by atoms with E-state index in [2.05, 4.69) is 31.0 Å². The van der Waals surface area contributed by atoms with Crippen LogP contribution in [-0.2, 0) is 0 Å². The van der Waals surface area contributed by atoms with Crippen LogP contribution in [0.1, 0.15) is 59.3 Å². The number of likely N-dealkylation sites (tertiary alicyclic amines) is 1. The van der Waals surface area contributed by atoms with Crippen molar-refractivity contribution in [2.45, 2.75) is 70.9 Å². The third kappa shape index (κ3) is 3.45. The molecule has 0 spiro atoms. The zero-order chi connectivity index (χ0) is 12.3. The molecule has 1 aliphatic heterocycles. The summed E-state index contributed by atoms with van der Waals surface area (Å²) in [5.41, 5.74) is 0.444. The van der Waals surface area contributed by atoms with E-state index in [0.29, 0.717) is 5.54 Å². The topological polar surface area (TPSA) is 15.3 Å². The molecule has 0 aromatic rings. The third-order valence-corrected chi connectivity index (χ3v) is 4.97. The first-order valence-corrected chi connectivity index (χ1v) is 7.58. The fourth-order valence-electron chi connectivity index (χ4n) is 3.58. The summed E-state index contributed by atoms with van der Waals surface area (Å²) in [6, 6.07) is 0.787. The van der Waals surface area contributed by atoms with Gasteiger partial charge >= 0.3 is 0 Å². The molecule has 1 saturated carbocycles. The first-order chi connectivity index (χ1) is 8.09. The summed E-state index contributed by atoms with van der Waals surface area (Å²) in [6.07, 6.45) is 8.44. The van der Waals surface area contributed by atoms with E-state index in [1.54, 1.807) is 0 Å². The lowest BCUT2D eigenvalue weighted by Crippen LogP contribution is -2.45. The van der Waals surface area contributed by atoms with Crippen LogP contribution < -0.4 is 5.32 Å². The summed E-state index contributed by atoms with van der Waals surface area (Å²) in [5, 5.41) is 3.79. The normalized spacial score (nSPS) is 34.1. The van der Waals surface area contributed by atoms with E-state index in [1.165, 1.54) is 58.2 Å². The lowest BCUT2D eigenvalue weighted by atomic mass is 9.86. The zero-order valence-corrected chi connectivity index (χ0v) is 12.0. The molecule has 100 valence electrons. The van der Waals surface area contributed by atoms with Crippen molar-refractivity contribution in [1.29, 1.82) is 0 Å². The molecule has 2 nitrogen and oxygen atoms in total. The Bertz CT molecular complexity index is 237. The van der Waals surface area contributed by atoms with Crippen molar-refractivity contribution in [3.8, 4) is 0 Å². The quantitative estimate of drug-likeness (QED) is 0.810.